The molecule has 0 aliphatic rings. The van der Waals surface area contributed by atoms with Crippen LogP contribution in [0.2, 0.25) is 0 Å². The molecule has 0 unspecified atom stereocenters. The van der Waals surface area contributed by atoms with Crippen LogP contribution in [0.15, 0.2) is 24.3 Å². The van der Waals surface area contributed by atoms with E-state index in [9.17, 15) is 18.0 Å². The molecular formula is C13H18F3N3O2. The number of hydrogen-bond acceptors (Lipinski definition) is 3. The minimum atomic E-state index is -4.73. The first kappa shape index (κ1) is 17.1. The molecule has 3 N–H and O–H groups in total. The Morgan fingerprint density at radius 2 is 1.95 bits per heavy atom. The lowest BCUT2D eigenvalue weighted by Crippen LogP contribution is -2.36. The number of carbonyl (C=O) groups is 1. The van der Waals surface area contributed by atoms with Crippen molar-refractivity contribution in [2.24, 2.45) is 5.73 Å². The summed E-state index contributed by atoms with van der Waals surface area (Å²) in [6.45, 7) is 3.35. The Labute approximate surface area is 120 Å². The fourth-order valence-corrected chi connectivity index (χ4v) is 1.63. The van der Waals surface area contributed by atoms with Gasteiger partial charge in [0.05, 0.1) is 0 Å². The number of alkyl halides is 3. The molecule has 0 aromatic heterocycles. The van der Waals surface area contributed by atoms with Crippen molar-refractivity contribution in [1.29, 1.82) is 0 Å². The van der Waals surface area contributed by atoms with Crippen LogP contribution < -0.4 is 15.8 Å². The van der Waals surface area contributed by atoms with Gasteiger partial charge in [-0.1, -0.05) is 0 Å². The van der Waals surface area contributed by atoms with Crippen molar-refractivity contribution in [2.75, 3.05) is 25.0 Å². The van der Waals surface area contributed by atoms with Crippen LogP contribution in [0, 0.1) is 0 Å². The van der Waals surface area contributed by atoms with Crippen molar-refractivity contribution < 1.29 is 22.7 Å². The summed E-state index contributed by atoms with van der Waals surface area (Å²) < 4.78 is 39.8. The number of halogens is 3. The van der Waals surface area contributed by atoms with Crippen LogP contribution >= 0.6 is 0 Å². The first-order valence-electron chi connectivity index (χ1n) is 6.47. The molecule has 2 amide bonds. The van der Waals surface area contributed by atoms with E-state index in [4.69, 9.17) is 5.73 Å². The molecule has 0 spiro atoms. The summed E-state index contributed by atoms with van der Waals surface area (Å²) in [5.74, 6) is -0.337. The van der Waals surface area contributed by atoms with Gasteiger partial charge in [0.2, 0.25) is 0 Å². The minimum absolute atomic E-state index is 0.324. The van der Waals surface area contributed by atoms with Gasteiger partial charge in [-0.25, -0.2) is 4.79 Å². The third kappa shape index (κ3) is 6.35. The number of nitrogens with two attached hydrogens (primary N) is 1. The highest BCUT2D eigenvalue weighted by Gasteiger charge is 2.30. The molecule has 1 aromatic carbocycles. The molecule has 1 rings (SSSR count). The Bertz CT molecular complexity index is 449. The van der Waals surface area contributed by atoms with Gasteiger partial charge in [0.15, 0.2) is 0 Å². The first-order chi connectivity index (χ1) is 9.85. The van der Waals surface area contributed by atoms with Gasteiger partial charge in [0.25, 0.3) is 0 Å². The Morgan fingerprint density at radius 1 is 1.33 bits per heavy atom. The van der Waals surface area contributed by atoms with Gasteiger partial charge in [0, 0.05) is 18.8 Å². The quantitative estimate of drug-likeness (QED) is 0.849. The largest absolute Gasteiger partial charge is 0.573 e. The third-order valence-corrected chi connectivity index (χ3v) is 2.64. The molecule has 0 aliphatic heterocycles. The predicted octanol–water partition coefficient (Wildman–Crippen LogP) is 2.79. The minimum Gasteiger partial charge on any atom is -0.406 e. The summed E-state index contributed by atoms with van der Waals surface area (Å²) in [6.07, 6.45) is -4.05. The topological polar surface area (TPSA) is 67.6 Å². The van der Waals surface area contributed by atoms with Gasteiger partial charge in [-0.3, -0.25) is 0 Å². The normalized spacial score (nSPS) is 11.1. The fraction of sp³-hybridized carbons (Fsp3) is 0.462. The first-order valence-corrected chi connectivity index (χ1v) is 6.47. The van der Waals surface area contributed by atoms with Crippen LogP contribution in [0.5, 0.6) is 5.75 Å². The zero-order valence-electron chi connectivity index (χ0n) is 11.6. The summed E-state index contributed by atoms with van der Waals surface area (Å²) in [6, 6.07) is 4.64. The number of nitrogens with one attached hydrogen (secondary N) is 1. The number of urea groups is 1. The lowest BCUT2D eigenvalue weighted by atomic mass is 10.3. The molecule has 5 nitrogen and oxygen atoms in total. The molecule has 118 valence electrons. The van der Waals surface area contributed by atoms with Gasteiger partial charge in [0.1, 0.15) is 5.75 Å². The number of nitrogens with zero attached hydrogens (tertiary/aromatic N) is 1. The summed E-state index contributed by atoms with van der Waals surface area (Å²) in [7, 11) is 0. The number of carbonyl (C=O) groups excluding carboxylic acids is 1. The monoisotopic (exact) mass is 305 g/mol. The summed E-state index contributed by atoms with van der Waals surface area (Å²) >= 11 is 0. The maximum Gasteiger partial charge on any atom is 0.573 e. The van der Waals surface area contributed by atoms with Gasteiger partial charge in [-0.2, -0.15) is 0 Å². The van der Waals surface area contributed by atoms with Gasteiger partial charge in [-0.05, 0) is 44.2 Å². The Balaban J connectivity index is 2.60. The summed E-state index contributed by atoms with van der Waals surface area (Å²) in [4.78, 5) is 13.5. The average Bonchev–Trinajstić information content (AvgIpc) is 2.40. The van der Waals surface area contributed by atoms with E-state index < -0.39 is 6.36 Å². The van der Waals surface area contributed by atoms with Crippen LogP contribution in [0.3, 0.4) is 0 Å². The van der Waals surface area contributed by atoms with Crippen LogP contribution in [0.1, 0.15) is 13.3 Å². The van der Waals surface area contributed by atoms with Crippen molar-refractivity contribution in [2.45, 2.75) is 19.7 Å². The number of benzene rings is 1. The molecule has 0 heterocycles. The van der Waals surface area contributed by atoms with Crippen molar-refractivity contribution in [3.8, 4) is 5.75 Å². The standard InChI is InChI=1S/C13H18F3N3O2/c1-2-19(9-3-8-17)12(20)18-10-4-6-11(7-5-10)21-13(14,15)16/h4-7H,2-3,8-9,17H2,1H3,(H,18,20). The SMILES string of the molecule is CCN(CCCN)C(=O)Nc1ccc(OC(F)(F)F)cc1. The number of amides is 2. The van der Waals surface area contributed by atoms with Gasteiger partial charge < -0.3 is 20.7 Å². The van der Waals surface area contributed by atoms with E-state index in [0.717, 1.165) is 12.1 Å². The maximum absolute atomic E-state index is 12.0. The predicted molar refractivity (Wildman–Crippen MR) is 73.1 cm³/mol. The Hall–Kier alpha value is -1.96. The van der Waals surface area contributed by atoms with E-state index in [1.165, 1.54) is 12.1 Å². The molecule has 0 radical (unpaired) electrons. The smallest absolute Gasteiger partial charge is 0.406 e. The molecule has 0 atom stereocenters. The molecule has 0 saturated heterocycles. The van der Waals surface area contributed by atoms with Gasteiger partial charge >= 0.3 is 12.4 Å². The highest BCUT2D eigenvalue weighted by Crippen LogP contribution is 2.24. The lowest BCUT2D eigenvalue weighted by Gasteiger charge is -2.21. The lowest BCUT2D eigenvalue weighted by molar-refractivity contribution is -0.274. The van der Waals surface area contributed by atoms with E-state index >= 15 is 0 Å². The van der Waals surface area contributed by atoms with Crippen LogP contribution in [0.25, 0.3) is 0 Å². The zero-order valence-corrected chi connectivity index (χ0v) is 11.6. The van der Waals surface area contributed by atoms with Gasteiger partial charge in [-0.15, -0.1) is 13.2 Å². The summed E-state index contributed by atoms with van der Waals surface area (Å²) in [5.41, 5.74) is 5.78. The second-order valence-electron chi connectivity index (χ2n) is 4.22. The van der Waals surface area contributed by atoms with E-state index in [1.54, 1.807) is 4.90 Å². The average molecular weight is 305 g/mol. The Kier molecular flexibility index (Phi) is 6.29. The van der Waals surface area contributed by atoms with E-state index in [1.807, 2.05) is 6.92 Å². The summed E-state index contributed by atoms with van der Waals surface area (Å²) in [5, 5.41) is 2.60. The second kappa shape index (κ2) is 7.72. The van der Waals surface area contributed by atoms with E-state index in [0.29, 0.717) is 31.7 Å². The molecule has 1 aromatic rings. The number of rotatable bonds is 6. The molecule has 0 bridgehead atoms. The van der Waals surface area contributed by atoms with E-state index in [-0.39, 0.29) is 11.8 Å². The number of anilines is 1. The fourth-order valence-electron chi connectivity index (χ4n) is 1.63. The second-order valence-corrected chi connectivity index (χ2v) is 4.22. The van der Waals surface area contributed by atoms with Crippen molar-refractivity contribution in [1.82, 2.24) is 4.90 Å². The zero-order chi connectivity index (χ0) is 15.9. The third-order valence-electron chi connectivity index (χ3n) is 2.64. The van der Waals surface area contributed by atoms with E-state index in [2.05, 4.69) is 10.1 Å². The van der Waals surface area contributed by atoms with Crippen molar-refractivity contribution in [3.63, 3.8) is 0 Å². The highest BCUT2D eigenvalue weighted by molar-refractivity contribution is 5.89. The van der Waals surface area contributed by atoms with Crippen molar-refractivity contribution >= 4 is 11.7 Å². The van der Waals surface area contributed by atoms with Crippen LogP contribution in [-0.4, -0.2) is 36.9 Å². The molecule has 0 fully saturated rings. The highest BCUT2D eigenvalue weighted by atomic mass is 19.4. The molecule has 8 heteroatoms. The van der Waals surface area contributed by atoms with Crippen LogP contribution in [-0.2, 0) is 0 Å². The maximum atomic E-state index is 12.0. The molecule has 0 saturated carbocycles. The number of ether oxygens (including phenoxy) is 1. The Morgan fingerprint density at radius 3 is 2.43 bits per heavy atom. The van der Waals surface area contributed by atoms with Crippen molar-refractivity contribution in [3.05, 3.63) is 24.3 Å². The molecular weight excluding hydrogens is 287 g/mol. The van der Waals surface area contributed by atoms with Crippen LogP contribution in [0.4, 0.5) is 23.7 Å². The molecule has 21 heavy (non-hydrogen) atoms. The molecule has 0 aliphatic carbocycles. The number of hydrogen-bond donors (Lipinski definition) is 2.